The third-order valence-corrected chi connectivity index (χ3v) is 4.45. The molecule has 1 heterocycles. The number of carbonyl (C=O) groups is 1. The van der Waals surface area contributed by atoms with Crippen LogP contribution in [0.5, 0.6) is 0 Å². The molecule has 0 atom stereocenters. The smallest absolute Gasteiger partial charge is 0.191 e. The number of Topliss-reactive ketones (excluding diaryl/α,β-unsaturated/α-hetero) is 1. The lowest BCUT2D eigenvalue weighted by atomic mass is 10.2. The molecule has 0 fully saturated rings. The van der Waals surface area contributed by atoms with Crippen molar-refractivity contribution in [2.45, 2.75) is 20.3 Å². The van der Waals surface area contributed by atoms with Crippen molar-refractivity contribution in [2.75, 3.05) is 18.0 Å². The minimum absolute atomic E-state index is 0.0841. The number of halogens is 1. The van der Waals surface area contributed by atoms with E-state index in [-0.39, 0.29) is 18.1 Å². The fourth-order valence-corrected chi connectivity index (χ4v) is 2.90. The van der Waals surface area contributed by atoms with Crippen LogP contribution in [0.3, 0.4) is 0 Å². The fourth-order valence-electron chi connectivity index (χ4n) is 2.03. The summed E-state index contributed by atoms with van der Waals surface area (Å²) in [6.07, 6.45) is 0.944. The molecule has 4 heteroatoms. The van der Waals surface area contributed by atoms with Gasteiger partial charge >= 0.3 is 0 Å². The number of anilines is 1. The molecule has 2 rings (SSSR count). The van der Waals surface area contributed by atoms with Gasteiger partial charge in [-0.2, -0.15) is 0 Å². The van der Waals surface area contributed by atoms with E-state index in [2.05, 4.69) is 6.92 Å². The zero-order valence-electron chi connectivity index (χ0n) is 11.7. The van der Waals surface area contributed by atoms with Gasteiger partial charge in [-0.15, -0.1) is 11.3 Å². The van der Waals surface area contributed by atoms with Gasteiger partial charge in [0.25, 0.3) is 0 Å². The Morgan fingerprint density at radius 1 is 1.25 bits per heavy atom. The first-order valence-electron chi connectivity index (χ1n) is 6.76. The normalized spacial score (nSPS) is 10.6. The first-order valence-corrected chi connectivity index (χ1v) is 7.58. The molecule has 2 nitrogen and oxygen atoms in total. The monoisotopic (exact) mass is 291 g/mol. The van der Waals surface area contributed by atoms with Crippen molar-refractivity contribution in [3.8, 4) is 0 Å². The molecule has 0 spiro atoms. The molecular formula is C16H18FNOS. The number of benzene rings is 1. The largest absolute Gasteiger partial charge is 0.364 e. The van der Waals surface area contributed by atoms with Crippen LogP contribution in [0, 0.1) is 5.82 Å². The molecule has 0 aliphatic carbocycles. The number of carbonyl (C=O) groups excluding carboxylic acids is 1. The van der Waals surface area contributed by atoms with Gasteiger partial charge in [0, 0.05) is 17.1 Å². The molecule has 0 aliphatic heterocycles. The Balaban J connectivity index is 2.11. The van der Waals surface area contributed by atoms with Crippen molar-refractivity contribution in [2.24, 2.45) is 0 Å². The number of thiophene rings is 1. The topological polar surface area (TPSA) is 20.3 Å². The molecule has 0 N–H and O–H groups in total. The van der Waals surface area contributed by atoms with E-state index < -0.39 is 0 Å². The van der Waals surface area contributed by atoms with E-state index in [0.29, 0.717) is 6.54 Å². The molecule has 0 unspecified atom stereocenters. The summed E-state index contributed by atoms with van der Waals surface area (Å²) in [5, 5.41) is 0. The van der Waals surface area contributed by atoms with Gasteiger partial charge in [0.1, 0.15) is 5.82 Å². The summed E-state index contributed by atoms with van der Waals surface area (Å²) < 4.78 is 13.3. The molecule has 1 aromatic heterocycles. The molecule has 106 valence electrons. The Morgan fingerprint density at radius 3 is 2.65 bits per heavy atom. The van der Waals surface area contributed by atoms with E-state index in [9.17, 15) is 9.18 Å². The van der Waals surface area contributed by atoms with Gasteiger partial charge in [-0.3, -0.25) is 4.79 Å². The first kappa shape index (κ1) is 14.7. The highest BCUT2D eigenvalue weighted by Gasteiger charge is 2.14. The van der Waals surface area contributed by atoms with Crippen molar-refractivity contribution in [1.29, 1.82) is 0 Å². The predicted octanol–water partition coefficient (Wildman–Crippen LogP) is 4.16. The average molecular weight is 291 g/mol. The number of nitrogens with zero attached hydrogens (tertiary/aromatic N) is 1. The lowest BCUT2D eigenvalue weighted by Gasteiger charge is -2.22. The molecule has 2 aromatic rings. The highest BCUT2D eigenvalue weighted by molar-refractivity contribution is 7.14. The highest BCUT2D eigenvalue weighted by Crippen LogP contribution is 2.20. The molecule has 0 bridgehead atoms. The second kappa shape index (κ2) is 6.66. The number of ketones is 1. The second-order valence-corrected chi connectivity index (χ2v) is 5.71. The van der Waals surface area contributed by atoms with E-state index in [1.807, 2.05) is 30.0 Å². The van der Waals surface area contributed by atoms with E-state index >= 15 is 0 Å². The molecule has 0 radical (unpaired) electrons. The maximum atomic E-state index is 13.3. The number of aryl methyl sites for hydroxylation is 1. The zero-order valence-corrected chi connectivity index (χ0v) is 12.5. The van der Waals surface area contributed by atoms with Crippen LogP contribution < -0.4 is 4.90 Å². The molecule has 1 aromatic carbocycles. The lowest BCUT2D eigenvalue weighted by molar-refractivity contribution is 0.100. The van der Waals surface area contributed by atoms with Gasteiger partial charge in [0.2, 0.25) is 0 Å². The molecule has 0 saturated carbocycles. The van der Waals surface area contributed by atoms with Crippen LogP contribution in [0.4, 0.5) is 10.1 Å². The lowest BCUT2D eigenvalue weighted by Crippen LogP contribution is -2.29. The van der Waals surface area contributed by atoms with Gasteiger partial charge < -0.3 is 4.90 Å². The summed E-state index contributed by atoms with van der Waals surface area (Å²) in [5.74, 6) is -0.196. The average Bonchev–Trinajstić information content (AvgIpc) is 2.93. The van der Waals surface area contributed by atoms with Crippen molar-refractivity contribution in [3.63, 3.8) is 0 Å². The summed E-state index contributed by atoms with van der Waals surface area (Å²) in [6.45, 7) is 4.99. The first-order chi connectivity index (χ1) is 9.63. The summed E-state index contributed by atoms with van der Waals surface area (Å²) in [7, 11) is 0. The fraction of sp³-hybridized carbons (Fsp3) is 0.312. The minimum Gasteiger partial charge on any atom is -0.364 e. The van der Waals surface area contributed by atoms with Crippen LogP contribution in [-0.4, -0.2) is 18.9 Å². The van der Waals surface area contributed by atoms with Crippen LogP contribution >= 0.6 is 11.3 Å². The Morgan fingerprint density at radius 2 is 2.05 bits per heavy atom. The van der Waals surface area contributed by atoms with Crippen molar-refractivity contribution in [1.82, 2.24) is 0 Å². The Kier molecular flexibility index (Phi) is 4.90. The highest BCUT2D eigenvalue weighted by atomic mass is 32.1. The van der Waals surface area contributed by atoms with Crippen LogP contribution in [0.25, 0.3) is 0 Å². The van der Waals surface area contributed by atoms with E-state index in [1.54, 1.807) is 17.4 Å². The number of likely N-dealkylation sites (N-methyl/N-ethyl adjacent to an activating group) is 1. The van der Waals surface area contributed by atoms with Crippen LogP contribution in [-0.2, 0) is 6.42 Å². The minimum atomic E-state index is -0.280. The predicted molar refractivity (Wildman–Crippen MR) is 82.3 cm³/mol. The SMILES string of the molecule is CCc1ccc(C(=O)CN(CC)c2cccc(F)c2)s1. The number of hydrogen-bond donors (Lipinski definition) is 0. The van der Waals surface area contributed by atoms with E-state index in [0.717, 1.165) is 17.0 Å². The van der Waals surface area contributed by atoms with Gasteiger partial charge in [-0.05, 0) is 43.7 Å². The Labute approximate surface area is 122 Å². The standard InChI is InChI=1S/C16H18FNOS/c1-3-14-8-9-16(20-14)15(19)11-18(4-2)13-7-5-6-12(17)10-13/h5-10H,3-4,11H2,1-2H3. The molecular weight excluding hydrogens is 273 g/mol. The van der Waals surface area contributed by atoms with Crippen LogP contribution in [0.15, 0.2) is 36.4 Å². The summed E-state index contributed by atoms with van der Waals surface area (Å²) >= 11 is 1.54. The quantitative estimate of drug-likeness (QED) is 0.745. The Hall–Kier alpha value is -1.68. The number of hydrogen-bond acceptors (Lipinski definition) is 3. The van der Waals surface area contributed by atoms with Crippen molar-refractivity contribution < 1.29 is 9.18 Å². The second-order valence-electron chi connectivity index (χ2n) is 4.54. The molecule has 20 heavy (non-hydrogen) atoms. The molecule has 0 aliphatic rings. The third kappa shape index (κ3) is 3.45. The maximum Gasteiger partial charge on any atom is 0.191 e. The van der Waals surface area contributed by atoms with Crippen molar-refractivity contribution >= 4 is 22.8 Å². The Bertz CT molecular complexity index is 594. The zero-order chi connectivity index (χ0) is 14.5. The van der Waals surface area contributed by atoms with E-state index in [4.69, 9.17) is 0 Å². The van der Waals surface area contributed by atoms with Crippen molar-refractivity contribution in [3.05, 3.63) is 52.0 Å². The van der Waals surface area contributed by atoms with Crippen LogP contribution in [0.2, 0.25) is 0 Å². The van der Waals surface area contributed by atoms with E-state index in [1.165, 1.54) is 17.0 Å². The third-order valence-electron chi connectivity index (χ3n) is 3.17. The van der Waals surface area contributed by atoms with Crippen LogP contribution in [0.1, 0.15) is 28.4 Å². The van der Waals surface area contributed by atoms with Gasteiger partial charge in [0.15, 0.2) is 5.78 Å². The molecule has 0 saturated heterocycles. The summed E-state index contributed by atoms with van der Waals surface area (Å²) in [5.41, 5.74) is 0.744. The summed E-state index contributed by atoms with van der Waals surface area (Å²) in [6, 6.07) is 10.2. The maximum absolute atomic E-state index is 13.3. The molecule has 0 amide bonds. The summed E-state index contributed by atoms with van der Waals surface area (Å²) in [4.78, 5) is 16.1. The van der Waals surface area contributed by atoms with Gasteiger partial charge in [-0.1, -0.05) is 13.0 Å². The van der Waals surface area contributed by atoms with Gasteiger partial charge in [-0.25, -0.2) is 4.39 Å². The number of rotatable bonds is 6. The van der Waals surface area contributed by atoms with Gasteiger partial charge in [0.05, 0.1) is 11.4 Å².